The maximum Gasteiger partial charge on any atom is 2.00 e. The molecule has 0 N–H and O–H groups in total. The van der Waals surface area contributed by atoms with Crippen molar-refractivity contribution in [3.05, 3.63) is 35.4 Å². The molecular weight excluding hydrogens is 292 g/mol. The van der Waals surface area contributed by atoms with Crippen molar-refractivity contribution in [2.75, 3.05) is 0 Å². The predicted molar refractivity (Wildman–Crippen MR) is 46.3 cm³/mol. The molecule has 0 atom stereocenters. The summed E-state index contributed by atoms with van der Waals surface area (Å²) < 4.78 is 0. The van der Waals surface area contributed by atoms with E-state index in [-0.39, 0.29) is 57.0 Å². The van der Waals surface area contributed by atoms with Crippen LogP contribution in [0.3, 0.4) is 0 Å². The smallest absolute Gasteiger partial charge is 1.00 e. The van der Waals surface area contributed by atoms with Gasteiger partial charge in [0.1, 0.15) is 0 Å². The van der Waals surface area contributed by atoms with Gasteiger partial charge in [0, 0.05) is 0 Å². The summed E-state index contributed by atoms with van der Waals surface area (Å²) in [5.41, 5.74) is 2.76. The molecule has 0 radical (unpaired) electrons. The van der Waals surface area contributed by atoms with Crippen molar-refractivity contribution in [3.8, 4) is 0 Å². The third-order valence-electron chi connectivity index (χ3n) is 1.53. The maximum absolute atomic E-state index is 2.18. The van der Waals surface area contributed by atoms with Gasteiger partial charge in [0.25, 0.3) is 0 Å². The second-order valence-electron chi connectivity index (χ2n) is 2.34. The minimum absolute atomic E-state index is 0. The summed E-state index contributed by atoms with van der Waals surface area (Å²) in [6.45, 7) is 4.28. The Bertz CT molecular complexity index is 184. The molecule has 12 heavy (non-hydrogen) atoms. The number of halogens is 2. The molecular formula is C9H12Br2Mg. The fraction of sp³-hybridized carbons (Fsp3) is 0.333. The van der Waals surface area contributed by atoms with Gasteiger partial charge in [-0.3, -0.25) is 0 Å². The number of hydrogen-bond acceptors (Lipinski definition) is 0. The van der Waals surface area contributed by atoms with E-state index in [1.54, 1.807) is 0 Å². The quantitative estimate of drug-likeness (QED) is 0.467. The fourth-order valence-corrected chi connectivity index (χ4v) is 0.824. The van der Waals surface area contributed by atoms with Crippen LogP contribution < -0.4 is 34.0 Å². The molecule has 0 saturated carbocycles. The molecule has 1 rings (SSSR count). The third-order valence-corrected chi connectivity index (χ3v) is 1.53. The van der Waals surface area contributed by atoms with Crippen molar-refractivity contribution in [2.45, 2.75) is 20.3 Å². The van der Waals surface area contributed by atoms with Gasteiger partial charge in [-0.25, -0.2) is 0 Å². The molecule has 0 bridgehead atoms. The number of benzene rings is 1. The summed E-state index contributed by atoms with van der Waals surface area (Å²) in [7, 11) is 0. The molecule has 0 amide bonds. The second kappa shape index (κ2) is 10.0. The molecule has 0 unspecified atom stereocenters. The van der Waals surface area contributed by atoms with Crippen LogP contribution in [0.4, 0.5) is 0 Å². The molecule has 0 aliphatic rings. The van der Waals surface area contributed by atoms with Crippen LogP contribution in [0.25, 0.3) is 0 Å². The summed E-state index contributed by atoms with van der Waals surface area (Å²) in [4.78, 5) is 0. The zero-order valence-electron chi connectivity index (χ0n) is 7.48. The Kier molecular flexibility index (Phi) is 15.6. The van der Waals surface area contributed by atoms with Gasteiger partial charge in [0.15, 0.2) is 0 Å². The normalized spacial score (nSPS) is 7.17. The Morgan fingerprint density at radius 2 is 1.42 bits per heavy atom. The van der Waals surface area contributed by atoms with Crippen LogP contribution in [0, 0.1) is 6.92 Å². The van der Waals surface area contributed by atoms with E-state index in [0.29, 0.717) is 0 Å². The maximum atomic E-state index is 2.18. The van der Waals surface area contributed by atoms with E-state index in [4.69, 9.17) is 0 Å². The van der Waals surface area contributed by atoms with Crippen LogP contribution in [0.2, 0.25) is 0 Å². The van der Waals surface area contributed by atoms with Crippen LogP contribution in [0.1, 0.15) is 18.1 Å². The van der Waals surface area contributed by atoms with Gasteiger partial charge in [0.05, 0.1) is 0 Å². The minimum atomic E-state index is 0. The largest absolute Gasteiger partial charge is 2.00 e. The Hall–Kier alpha value is 0.946. The van der Waals surface area contributed by atoms with Gasteiger partial charge in [-0.2, -0.15) is 0 Å². The van der Waals surface area contributed by atoms with Crippen LogP contribution >= 0.6 is 0 Å². The van der Waals surface area contributed by atoms with Crippen LogP contribution in [-0.2, 0) is 6.42 Å². The molecule has 0 heterocycles. The molecule has 0 aliphatic heterocycles. The zero-order valence-corrected chi connectivity index (χ0v) is 12.1. The molecule has 0 spiro atoms. The van der Waals surface area contributed by atoms with E-state index in [1.807, 2.05) is 0 Å². The van der Waals surface area contributed by atoms with E-state index >= 15 is 0 Å². The predicted octanol–water partition coefficient (Wildman–Crippen LogP) is -3.82. The van der Waals surface area contributed by atoms with E-state index in [9.17, 15) is 0 Å². The minimum Gasteiger partial charge on any atom is -1.00 e. The first-order valence-corrected chi connectivity index (χ1v) is 3.38. The number of hydrogen-bond donors (Lipinski definition) is 0. The van der Waals surface area contributed by atoms with Crippen molar-refractivity contribution >= 4 is 23.1 Å². The van der Waals surface area contributed by atoms with Gasteiger partial charge in [-0.1, -0.05) is 36.8 Å². The van der Waals surface area contributed by atoms with E-state index in [2.05, 4.69) is 38.1 Å². The molecule has 1 aromatic rings. The topological polar surface area (TPSA) is 0 Å². The van der Waals surface area contributed by atoms with Crippen molar-refractivity contribution in [2.24, 2.45) is 0 Å². The van der Waals surface area contributed by atoms with Gasteiger partial charge in [0.2, 0.25) is 0 Å². The summed E-state index contributed by atoms with van der Waals surface area (Å²) in [6.07, 6.45) is 1.14. The Morgan fingerprint density at radius 1 is 1.00 bits per heavy atom. The average Bonchev–Trinajstić information content (AvgIpc) is 1.90. The molecule has 0 aromatic heterocycles. The summed E-state index contributed by atoms with van der Waals surface area (Å²) in [6, 6.07) is 8.66. The monoisotopic (exact) mass is 302 g/mol. The standard InChI is InChI=1S/C9H12.2BrH.Mg/c1-3-9-6-4-8(2)5-7-9;;;/h4-7H,3H2,1-2H3;2*1H;/q;;;+2/p-2. The Balaban J connectivity index is -0.000000270. The van der Waals surface area contributed by atoms with Crippen molar-refractivity contribution in [3.63, 3.8) is 0 Å². The Labute approximate surface area is 112 Å². The first-order valence-electron chi connectivity index (χ1n) is 3.38. The molecule has 64 valence electrons. The van der Waals surface area contributed by atoms with Crippen LogP contribution in [0.5, 0.6) is 0 Å². The summed E-state index contributed by atoms with van der Waals surface area (Å²) in [5, 5.41) is 0. The van der Waals surface area contributed by atoms with E-state index < -0.39 is 0 Å². The van der Waals surface area contributed by atoms with Gasteiger partial charge >= 0.3 is 23.1 Å². The van der Waals surface area contributed by atoms with Crippen LogP contribution in [0.15, 0.2) is 24.3 Å². The first kappa shape index (κ1) is 18.7. The first-order chi connectivity index (χ1) is 4.33. The fourth-order valence-electron chi connectivity index (χ4n) is 0.824. The molecule has 0 fully saturated rings. The second-order valence-corrected chi connectivity index (χ2v) is 2.34. The van der Waals surface area contributed by atoms with Crippen LogP contribution in [-0.4, -0.2) is 23.1 Å². The molecule has 3 heteroatoms. The average molecular weight is 304 g/mol. The van der Waals surface area contributed by atoms with Gasteiger partial charge in [-0.15, -0.1) is 0 Å². The van der Waals surface area contributed by atoms with Gasteiger partial charge < -0.3 is 34.0 Å². The third kappa shape index (κ3) is 6.46. The summed E-state index contributed by atoms with van der Waals surface area (Å²) in [5.74, 6) is 0. The van der Waals surface area contributed by atoms with E-state index in [1.165, 1.54) is 11.1 Å². The van der Waals surface area contributed by atoms with Crippen molar-refractivity contribution in [1.82, 2.24) is 0 Å². The SMILES string of the molecule is CCc1ccc(C)cc1.[Br-].[Br-].[Mg+2]. The zero-order chi connectivity index (χ0) is 6.69. The van der Waals surface area contributed by atoms with E-state index in [0.717, 1.165) is 6.42 Å². The molecule has 0 saturated heterocycles. The Morgan fingerprint density at radius 3 is 1.75 bits per heavy atom. The molecule has 1 aromatic carbocycles. The van der Waals surface area contributed by atoms with Crippen molar-refractivity contribution < 1.29 is 34.0 Å². The number of rotatable bonds is 1. The van der Waals surface area contributed by atoms with Crippen molar-refractivity contribution in [1.29, 1.82) is 0 Å². The number of aryl methyl sites for hydroxylation is 2. The molecule has 0 nitrogen and oxygen atoms in total. The van der Waals surface area contributed by atoms with Gasteiger partial charge in [-0.05, 0) is 18.9 Å². The molecule has 0 aliphatic carbocycles. The summed E-state index contributed by atoms with van der Waals surface area (Å²) >= 11 is 0.